The fourth-order valence-corrected chi connectivity index (χ4v) is 3.73. The van der Waals surface area contributed by atoms with Crippen molar-refractivity contribution in [1.29, 1.82) is 0 Å². The average molecular weight is 494 g/mol. The first kappa shape index (κ1) is 28.5. The molecule has 0 aromatic heterocycles. The minimum atomic E-state index is -2.14. The van der Waals surface area contributed by atoms with Gasteiger partial charge >= 0.3 is 5.97 Å². The lowest BCUT2D eigenvalue weighted by molar-refractivity contribution is -0.187. The van der Waals surface area contributed by atoms with Crippen LogP contribution in [0.4, 0.5) is 0 Å². The highest BCUT2D eigenvalue weighted by Gasteiger charge is 2.48. The summed E-state index contributed by atoms with van der Waals surface area (Å²) < 4.78 is 5.69. The van der Waals surface area contributed by atoms with E-state index < -0.39 is 48.8 Å². The SMILES string of the molecule is CC(COc1ccccc1)NC(C)C(O)c1ccc(O)cc1.O=C(O)C1(O)C[C@H](O)C(O)[C@@H](O)C1. The van der Waals surface area contributed by atoms with Gasteiger partial charge in [-0.3, -0.25) is 0 Å². The minimum Gasteiger partial charge on any atom is -0.508 e. The Morgan fingerprint density at radius 1 is 1.03 bits per heavy atom. The van der Waals surface area contributed by atoms with Crippen molar-refractivity contribution in [1.82, 2.24) is 5.32 Å². The van der Waals surface area contributed by atoms with E-state index in [0.29, 0.717) is 6.61 Å². The molecular formula is C25H35NO9. The van der Waals surface area contributed by atoms with Gasteiger partial charge < -0.3 is 45.8 Å². The van der Waals surface area contributed by atoms with Crippen molar-refractivity contribution in [2.24, 2.45) is 0 Å². The summed E-state index contributed by atoms with van der Waals surface area (Å²) in [6.45, 7) is 4.47. The van der Waals surface area contributed by atoms with Gasteiger partial charge in [-0.15, -0.1) is 0 Å². The largest absolute Gasteiger partial charge is 0.508 e. The monoisotopic (exact) mass is 493 g/mol. The number of carbonyl (C=O) groups is 1. The summed E-state index contributed by atoms with van der Waals surface area (Å²) in [5, 5.41) is 68.1. The number of rotatable bonds is 8. The number of aliphatic hydroxyl groups is 5. The molecule has 1 fully saturated rings. The lowest BCUT2D eigenvalue weighted by atomic mass is 9.80. The molecule has 0 amide bonds. The molecule has 0 saturated heterocycles. The second-order valence-electron chi connectivity index (χ2n) is 8.89. The molecule has 0 bridgehead atoms. The summed E-state index contributed by atoms with van der Waals surface area (Å²) in [5.41, 5.74) is -1.37. The van der Waals surface area contributed by atoms with Crippen molar-refractivity contribution in [3.05, 3.63) is 60.2 Å². The Bertz CT molecular complexity index is 897. The van der Waals surface area contributed by atoms with Crippen LogP contribution in [-0.4, -0.2) is 84.3 Å². The van der Waals surface area contributed by atoms with E-state index in [0.717, 1.165) is 11.3 Å². The second kappa shape index (κ2) is 12.8. The Hall–Kier alpha value is -2.73. The van der Waals surface area contributed by atoms with Crippen LogP contribution in [0.5, 0.6) is 11.5 Å². The number of aliphatic hydroxyl groups excluding tert-OH is 4. The van der Waals surface area contributed by atoms with E-state index in [1.807, 2.05) is 44.2 Å². The molecule has 8 N–H and O–H groups in total. The lowest BCUT2D eigenvalue weighted by Gasteiger charge is -2.37. The van der Waals surface area contributed by atoms with Gasteiger partial charge in [0.2, 0.25) is 0 Å². The molecule has 1 aliphatic rings. The van der Waals surface area contributed by atoms with Crippen molar-refractivity contribution in [3.8, 4) is 11.5 Å². The summed E-state index contributed by atoms with van der Waals surface area (Å²) in [5.74, 6) is -0.471. The number of nitrogens with one attached hydrogen (secondary N) is 1. The molecule has 1 saturated carbocycles. The molecule has 0 spiro atoms. The molecule has 2 aromatic rings. The van der Waals surface area contributed by atoms with Crippen LogP contribution >= 0.6 is 0 Å². The zero-order chi connectivity index (χ0) is 26.2. The van der Waals surface area contributed by atoms with Gasteiger partial charge in [0.25, 0.3) is 0 Å². The van der Waals surface area contributed by atoms with Crippen LogP contribution in [0, 0.1) is 0 Å². The third-order valence-electron chi connectivity index (χ3n) is 5.78. The van der Waals surface area contributed by atoms with E-state index in [2.05, 4.69) is 5.32 Å². The number of hydrogen-bond donors (Lipinski definition) is 8. The molecule has 3 rings (SSSR count). The van der Waals surface area contributed by atoms with Crippen LogP contribution in [0.15, 0.2) is 54.6 Å². The van der Waals surface area contributed by atoms with Crippen LogP contribution < -0.4 is 10.1 Å². The van der Waals surface area contributed by atoms with Gasteiger partial charge in [-0.1, -0.05) is 30.3 Å². The highest BCUT2D eigenvalue weighted by molar-refractivity contribution is 5.77. The van der Waals surface area contributed by atoms with Gasteiger partial charge in [0.05, 0.1) is 18.3 Å². The van der Waals surface area contributed by atoms with E-state index in [1.54, 1.807) is 24.3 Å². The van der Waals surface area contributed by atoms with Crippen LogP contribution in [0.3, 0.4) is 0 Å². The molecule has 10 heteroatoms. The molecule has 10 nitrogen and oxygen atoms in total. The number of aliphatic carboxylic acids is 1. The Morgan fingerprint density at radius 2 is 1.57 bits per heavy atom. The number of carboxylic acid groups (broad SMARTS) is 1. The summed E-state index contributed by atoms with van der Waals surface area (Å²) >= 11 is 0. The van der Waals surface area contributed by atoms with Gasteiger partial charge in [-0.2, -0.15) is 0 Å². The summed E-state index contributed by atoms with van der Waals surface area (Å²) in [4.78, 5) is 10.5. The van der Waals surface area contributed by atoms with E-state index >= 15 is 0 Å². The van der Waals surface area contributed by atoms with Crippen molar-refractivity contribution < 1.29 is 45.3 Å². The number of benzene rings is 2. The summed E-state index contributed by atoms with van der Waals surface area (Å²) in [6.07, 6.45) is -5.80. The van der Waals surface area contributed by atoms with E-state index in [9.17, 15) is 20.1 Å². The zero-order valence-corrected chi connectivity index (χ0v) is 19.7. The van der Waals surface area contributed by atoms with Crippen molar-refractivity contribution >= 4 is 5.97 Å². The fraction of sp³-hybridized carbons (Fsp3) is 0.480. The Labute approximate surface area is 204 Å². The maximum absolute atomic E-state index is 10.5. The number of aromatic hydroxyl groups is 1. The maximum atomic E-state index is 10.5. The van der Waals surface area contributed by atoms with Crippen molar-refractivity contribution in [2.75, 3.05) is 6.61 Å². The van der Waals surface area contributed by atoms with Crippen molar-refractivity contribution in [3.63, 3.8) is 0 Å². The first-order chi connectivity index (χ1) is 16.4. The molecular weight excluding hydrogens is 458 g/mol. The molecule has 3 unspecified atom stereocenters. The molecule has 1 aliphatic carbocycles. The third-order valence-corrected chi connectivity index (χ3v) is 5.78. The molecule has 2 aromatic carbocycles. The van der Waals surface area contributed by atoms with Gasteiger partial charge in [-0.05, 0) is 43.7 Å². The Balaban J connectivity index is 0.000000283. The van der Waals surface area contributed by atoms with Gasteiger partial charge in [0.15, 0.2) is 5.60 Å². The molecule has 0 aliphatic heterocycles. The number of hydrogen-bond acceptors (Lipinski definition) is 9. The molecule has 35 heavy (non-hydrogen) atoms. The standard InChI is InChI=1S/C18H23NO3.C7H12O6/c1-13(12-22-17-6-4-3-5-7-17)19-14(2)18(21)15-8-10-16(20)11-9-15;8-3-1-7(13,6(11)12)2-4(9)5(3)10/h3-11,13-14,18-21H,12H2,1-2H3;3-5,8-10,13H,1-2H2,(H,11,12)/t;3-,4-,5?,7?/m.0/s1. The maximum Gasteiger partial charge on any atom is 0.335 e. The second-order valence-corrected chi connectivity index (χ2v) is 8.89. The number of carboxylic acids is 1. The minimum absolute atomic E-state index is 0.0990. The van der Waals surface area contributed by atoms with Crippen LogP contribution in [-0.2, 0) is 4.79 Å². The van der Waals surface area contributed by atoms with Gasteiger partial charge in [-0.25, -0.2) is 4.79 Å². The predicted molar refractivity (Wildman–Crippen MR) is 127 cm³/mol. The van der Waals surface area contributed by atoms with Crippen LogP contribution in [0.1, 0.15) is 38.4 Å². The first-order valence-corrected chi connectivity index (χ1v) is 11.3. The van der Waals surface area contributed by atoms with Crippen LogP contribution in [0.2, 0.25) is 0 Å². The molecule has 194 valence electrons. The fourth-order valence-electron chi connectivity index (χ4n) is 3.73. The average Bonchev–Trinajstić information content (AvgIpc) is 2.82. The highest BCUT2D eigenvalue weighted by Crippen LogP contribution is 2.29. The predicted octanol–water partition coefficient (Wildman–Crippen LogP) is 0.550. The van der Waals surface area contributed by atoms with Crippen molar-refractivity contribution in [2.45, 2.75) is 68.8 Å². The Morgan fingerprint density at radius 3 is 2.09 bits per heavy atom. The quantitative estimate of drug-likeness (QED) is 0.259. The zero-order valence-electron chi connectivity index (χ0n) is 19.7. The van der Waals surface area contributed by atoms with Crippen LogP contribution in [0.25, 0.3) is 0 Å². The topological polar surface area (TPSA) is 180 Å². The molecule has 5 atom stereocenters. The Kier molecular flexibility index (Phi) is 10.4. The molecule has 0 radical (unpaired) electrons. The number of phenolic OH excluding ortho intramolecular Hbond substituents is 1. The number of ether oxygens (including phenoxy) is 1. The number of phenols is 1. The van der Waals surface area contributed by atoms with E-state index in [1.165, 1.54) is 0 Å². The van der Waals surface area contributed by atoms with Gasteiger partial charge in [0.1, 0.15) is 24.2 Å². The van der Waals surface area contributed by atoms with E-state index in [4.69, 9.17) is 25.2 Å². The normalized spacial score (nSPS) is 26.5. The highest BCUT2D eigenvalue weighted by atomic mass is 16.5. The van der Waals surface area contributed by atoms with Gasteiger partial charge in [0, 0.05) is 24.9 Å². The lowest BCUT2D eigenvalue weighted by Crippen LogP contribution is -2.56. The number of para-hydroxylation sites is 1. The third kappa shape index (κ3) is 8.46. The first-order valence-electron chi connectivity index (χ1n) is 11.3. The smallest absolute Gasteiger partial charge is 0.335 e. The summed E-state index contributed by atoms with van der Waals surface area (Å²) in [7, 11) is 0. The van der Waals surface area contributed by atoms with E-state index in [-0.39, 0.29) is 17.8 Å². The molecule has 0 heterocycles. The summed E-state index contributed by atoms with van der Waals surface area (Å²) in [6, 6.07) is 16.2.